The first-order chi connectivity index (χ1) is 6.36. The van der Waals surface area contributed by atoms with Crippen molar-refractivity contribution in [2.24, 2.45) is 11.8 Å². The summed E-state index contributed by atoms with van der Waals surface area (Å²) in [4.78, 5) is 0. The van der Waals surface area contributed by atoms with E-state index in [1.165, 1.54) is 38.6 Å². The summed E-state index contributed by atoms with van der Waals surface area (Å²) in [5.74, 6) is 1.91. The summed E-state index contributed by atoms with van der Waals surface area (Å²) in [5.41, 5.74) is 0. The zero-order valence-corrected chi connectivity index (χ0v) is 8.63. The molecule has 1 N–H and O–H groups in total. The van der Waals surface area contributed by atoms with Gasteiger partial charge in [0.1, 0.15) is 0 Å². The van der Waals surface area contributed by atoms with Gasteiger partial charge in [-0.05, 0) is 57.4 Å². The third kappa shape index (κ3) is 2.84. The van der Waals surface area contributed by atoms with E-state index in [-0.39, 0.29) is 0 Å². The first kappa shape index (κ1) is 9.26. The lowest BCUT2D eigenvalue weighted by Gasteiger charge is -2.21. The van der Waals surface area contributed by atoms with Gasteiger partial charge in [0.2, 0.25) is 0 Å². The molecule has 2 atom stereocenters. The zero-order valence-electron chi connectivity index (χ0n) is 8.63. The van der Waals surface area contributed by atoms with E-state index in [0.29, 0.717) is 0 Å². The van der Waals surface area contributed by atoms with Crippen molar-refractivity contribution in [3.8, 4) is 0 Å². The molecule has 0 saturated heterocycles. The normalized spacial score (nSPS) is 30.4. The molecule has 2 aliphatic rings. The predicted molar refractivity (Wildman–Crippen MR) is 56.7 cm³/mol. The molecule has 2 unspecified atom stereocenters. The van der Waals surface area contributed by atoms with E-state index < -0.39 is 0 Å². The van der Waals surface area contributed by atoms with E-state index in [9.17, 15) is 0 Å². The van der Waals surface area contributed by atoms with Gasteiger partial charge < -0.3 is 5.32 Å². The Kier molecular flexibility index (Phi) is 3.05. The van der Waals surface area contributed by atoms with Crippen molar-refractivity contribution in [2.75, 3.05) is 6.54 Å². The van der Waals surface area contributed by atoms with Crippen LogP contribution in [0.15, 0.2) is 12.2 Å². The average molecular weight is 179 g/mol. The van der Waals surface area contributed by atoms with E-state index in [2.05, 4.69) is 24.4 Å². The summed E-state index contributed by atoms with van der Waals surface area (Å²) in [7, 11) is 0. The van der Waals surface area contributed by atoms with Crippen molar-refractivity contribution in [3.63, 3.8) is 0 Å². The van der Waals surface area contributed by atoms with Gasteiger partial charge >= 0.3 is 0 Å². The minimum absolute atomic E-state index is 0.769. The van der Waals surface area contributed by atoms with Gasteiger partial charge in [-0.25, -0.2) is 0 Å². The summed E-state index contributed by atoms with van der Waals surface area (Å²) < 4.78 is 0. The number of hydrogen-bond acceptors (Lipinski definition) is 1. The molecule has 0 amide bonds. The van der Waals surface area contributed by atoms with Gasteiger partial charge in [-0.3, -0.25) is 0 Å². The number of hydrogen-bond donors (Lipinski definition) is 1. The molecule has 2 rings (SSSR count). The molecule has 13 heavy (non-hydrogen) atoms. The van der Waals surface area contributed by atoms with Crippen LogP contribution in [0.25, 0.3) is 0 Å². The Morgan fingerprint density at radius 1 is 1.31 bits per heavy atom. The van der Waals surface area contributed by atoms with Gasteiger partial charge in [0.15, 0.2) is 0 Å². The van der Waals surface area contributed by atoms with Crippen LogP contribution in [0.4, 0.5) is 0 Å². The molecule has 1 fully saturated rings. The van der Waals surface area contributed by atoms with Gasteiger partial charge in [0, 0.05) is 6.04 Å². The first-order valence-corrected chi connectivity index (χ1v) is 5.74. The second-order valence-electron chi connectivity index (χ2n) is 4.68. The van der Waals surface area contributed by atoms with Crippen molar-refractivity contribution in [1.82, 2.24) is 5.32 Å². The van der Waals surface area contributed by atoms with Crippen molar-refractivity contribution in [1.29, 1.82) is 0 Å². The molecule has 1 heteroatoms. The lowest BCUT2D eigenvalue weighted by molar-refractivity contribution is 0.394. The summed E-state index contributed by atoms with van der Waals surface area (Å²) in [5, 5.41) is 3.68. The zero-order chi connectivity index (χ0) is 9.10. The second-order valence-corrected chi connectivity index (χ2v) is 4.68. The van der Waals surface area contributed by atoms with Gasteiger partial charge in [-0.2, -0.15) is 0 Å². The number of allylic oxidation sites excluding steroid dienone is 2. The van der Waals surface area contributed by atoms with Crippen LogP contribution in [-0.4, -0.2) is 12.6 Å². The maximum Gasteiger partial charge on any atom is 0.00671 e. The molecule has 2 aliphatic carbocycles. The average Bonchev–Trinajstić information content (AvgIpc) is 2.99. The molecule has 0 aliphatic heterocycles. The Labute approximate surface area is 81.6 Å². The summed E-state index contributed by atoms with van der Waals surface area (Å²) in [6.45, 7) is 3.58. The van der Waals surface area contributed by atoms with Gasteiger partial charge in [0.25, 0.3) is 0 Å². The quantitative estimate of drug-likeness (QED) is 0.654. The summed E-state index contributed by atoms with van der Waals surface area (Å²) in [6, 6.07) is 0.769. The highest BCUT2D eigenvalue weighted by Gasteiger charge is 2.27. The van der Waals surface area contributed by atoms with Crippen LogP contribution in [0.5, 0.6) is 0 Å². The number of rotatable bonds is 4. The highest BCUT2D eigenvalue weighted by atomic mass is 14.9. The molecule has 74 valence electrons. The smallest absolute Gasteiger partial charge is 0.00671 e. The molecule has 0 spiro atoms. The van der Waals surface area contributed by atoms with Crippen LogP contribution in [0.1, 0.15) is 39.0 Å². The first-order valence-electron chi connectivity index (χ1n) is 5.74. The molecule has 0 aromatic carbocycles. The molecule has 1 nitrogen and oxygen atoms in total. The van der Waals surface area contributed by atoms with E-state index in [0.717, 1.165) is 17.9 Å². The maximum atomic E-state index is 3.68. The van der Waals surface area contributed by atoms with Crippen molar-refractivity contribution >= 4 is 0 Å². The minimum atomic E-state index is 0.769. The molecular formula is C12H21N. The van der Waals surface area contributed by atoms with E-state index in [4.69, 9.17) is 0 Å². The Bertz CT molecular complexity index is 182. The highest BCUT2D eigenvalue weighted by molar-refractivity contribution is 4.91. The standard InChI is InChI=1S/C12H21N/c1-10(12-7-8-12)13-9-11-5-3-2-4-6-11/h2-3,10-13H,4-9H2,1H3. The van der Waals surface area contributed by atoms with Crippen molar-refractivity contribution < 1.29 is 0 Å². The number of nitrogens with one attached hydrogen (secondary N) is 1. The third-order valence-electron chi connectivity index (χ3n) is 3.44. The molecule has 0 aromatic rings. The summed E-state index contributed by atoms with van der Waals surface area (Å²) in [6.07, 6.45) is 11.6. The van der Waals surface area contributed by atoms with Crippen LogP contribution < -0.4 is 5.32 Å². The fourth-order valence-electron chi connectivity index (χ4n) is 2.16. The Morgan fingerprint density at radius 2 is 2.15 bits per heavy atom. The van der Waals surface area contributed by atoms with E-state index in [1.54, 1.807) is 0 Å². The minimum Gasteiger partial charge on any atom is -0.314 e. The molecular weight excluding hydrogens is 158 g/mol. The van der Waals surface area contributed by atoms with Crippen molar-refractivity contribution in [2.45, 2.75) is 45.1 Å². The van der Waals surface area contributed by atoms with Gasteiger partial charge in [0.05, 0.1) is 0 Å². The molecule has 0 bridgehead atoms. The molecule has 0 aromatic heterocycles. The topological polar surface area (TPSA) is 12.0 Å². The van der Waals surface area contributed by atoms with Crippen LogP contribution in [-0.2, 0) is 0 Å². The van der Waals surface area contributed by atoms with Gasteiger partial charge in [-0.1, -0.05) is 12.2 Å². The fraction of sp³-hybridized carbons (Fsp3) is 0.833. The lowest BCUT2D eigenvalue weighted by Crippen LogP contribution is -2.32. The Morgan fingerprint density at radius 3 is 2.77 bits per heavy atom. The van der Waals surface area contributed by atoms with Crippen LogP contribution in [0.2, 0.25) is 0 Å². The lowest BCUT2D eigenvalue weighted by atomic mass is 9.94. The van der Waals surface area contributed by atoms with E-state index >= 15 is 0 Å². The maximum absolute atomic E-state index is 3.68. The van der Waals surface area contributed by atoms with Crippen molar-refractivity contribution in [3.05, 3.63) is 12.2 Å². The predicted octanol–water partition coefficient (Wildman–Crippen LogP) is 2.73. The molecule has 0 radical (unpaired) electrons. The largest absolute Gasteiger partial charge is 0.314 e. The SMILES string of the molecule is CC(NCC1CC=CCC1)C1CC1. The fourth-order valence-corrected chi connectivity index (χ4v) is 2.16. The Balaban J connectivity index is 1.63. The second kappa shape index (κ2) is 4.28. The highest BCUT2D eigenvalue weighted by Crippen LogP contribution is 2.32. The molecule has 1 saturated carbocycles. The monoisotopic (exact) mass is 179 g/mol. The summed E-state index contributed by atoms with van der Waals surface area (Å²) >= 11 is 0. The third-order valence-corrected chi connectivity index (χ3v) is 3.44. The van der Waals surface area contributed by atoms with Crippen LogP contribution in [0.3, 0.4) is 0 Å². The van der Waals surface area contributed by atoms with Crippen LogP contribution >= 0.6 is 0 Å². The Hall–Kier alpha value is -0.300. The van der Waals surface area contributed by atoms with Gasteiger partial charge in [-0.15, -0.1) is 0 Å². The van der Waals surface area contributed by atoms with Crippen LogP contribution in [0, 0.1) is 11.8 Å². The molecule has 0 heterocycles. The van der Waals surface area contributed by atoms with E-state index in [1.807, 2.05) is 0 Å².